The van der Waals surface area contributed by atoms with Crippen LogP contribution in [0.4, 0.5) is 0 Å². The van der Waals surface area contributed by atoms with Gasteiger partial charge in [0.15, 0.2) is 17.9 Å². The molecule has 4 atom stereocenters. The lowest BCUT2D eigenvalue weighted by atomic mass is 10.1. The van der Waals surface area contributed by atoms with Crippen LogP contribution in [-0.4, -0.2) is 42.8 Å². The zero-order valence-corrected chi connectivity index (χ0v) is 10.1. The zero-order chi connectivity index (χ0) is 11.6. The van der Waals surface area contributed by atoms with E-state index < -0.39 is 11.6 Å². The van der Waals surface area contributed by atoms with Gasteiger partial charge in [0.05, 0.1) is 6.61 Å². The van der Waals surface area contributed by atoms with Crippen molar-refractivity contribution >= 4 is 0 Å². The van der Waals surface area contributed by atoms with E-state index in [1.54, 1.807) is 0 Å². The molecule has 0 aromatic rings. The molecule has 5 nitrogen and oxygen atoms in total. The van der Waals surface area contributed by atoms with Crippen molar-refractivity contribution in [3.8, 4) is 0 Å². The third-order valence-corrected chi connectivity index (χ3v) is 3.10. The maximum atomic E-state index is 5.85. The maximum Gasteiger partial charge on any atom is 0.190 e. The van der Waals surface area contributed by atoms with Crippen molar-refractivity contribution in [2.24, 2.45) is 0 Å². The molecule has 16 heavy (non-hydrogen) atoms. The van der Waals surface area contributed by atoms with Crippen LogP contribution in [-0.2, 0) is 23.7 Å². The van der Waals surface area contributed by atoms with E-state index in [2.05, 4.69) is 0 Å². The first kappa shape index (κ1) is 10.9. The van der Waals surface area contributed by atoms with Crippen LogP contribution >= 0.6 is 0 Å². The Kier molecular flexibility index (Phi) is 2.17. The Morgan fingerprint density at radius 1 is 0.875 bits per heavy atom. The fourth-order valence-corrected chi connectivity index (χ4v) is 2.47. The van der Waals surface area contributed by atoms with Crippen molar-refractivity contribution in [2.45, 2.75) is 63.9 Å². The molecule has 0 N–H and O–H groups in total. The van der Waals surface area contributed by atoms with Crippen LogP contribution in [0.5, 0.6) is 0 Å². The minimum atomic E-state index is -0.591. The Balaban J connectivity index is 1.78. The smallest absolute Gasteiger partial charge is 0.190 e. The highest BCUT2D eigenvalue weighted by Crippen LogP contribution is 2.42. The van der Waals surface area contributed by atoms with Gasteiger partial charge in [-0.3, -0.25) is 0 Å². The third kappa shape index (κ3) is 1.67. The minimum absolute atomic E-state index is 0.0841. The lowest BCUT2D eigenvalue weighted by Crippen LogP contribution is -2.50. The van der Waals surface area contributed by atoms with Crippen molar-refractivity contribution in [2.75, 3.05) is 6.61 Å². The van der Waals surface area contributed by atoms with Gasteiger partial charge in [-0.2, -0.15) is 0 Å². The predicted octanol–water partition coefficient (Wildman–Crippen LogP) is 1.01. The van der Waals surface area contributed by atoms with Gasteiger partial charge in [0.2, 0.25) is 0 Å². The van der Waals surface area contributed by atoms with Gasteiger partial charge in [-0.25, -0.2) is 0 Å². The molecule has 3 heterocycles. The standard InChI is InChI=1S/C11H18O5/c1-10(2)12-5-6-7(14-10)8-9(13-6)16-11(3,4)15-8/h6-9H,5H2,1-4H3/t6-,7+,8+,9-/m1/s1. The zero-order valence-electron chi connectivity index (χ0n) is 10.1. The molecule has 3 saturated heterocycles. The summed E-state index contributed by atoms with van der Waals surface area (Å²) in [6, 6.07) is 0. The highest BCUT2D eigenvalue weighted by molar-refractivity contribution is 4.96. The van der Waals surface area contributed by atoms with Crippen LogP contribution in [0.3, 0.4) is 0 Å². The summed E-state index contributed by atoms with van der Waals surface area (Å²) in [7, 11) is 0. The fourth-order valence-electron chi connectivity index (χ4n) is 2.47. The highest BCUT2D eigenvalue weighted by Gasteiger charge is 2.58. The Bertz CT molecular complexity index is 301. The topological polar surface area (TPSA) is 46.2 Å². The Morgan fingerprint density at radius 2 is 1.56 bits per heavy atom. The summed E-state index contributed by atoms with van der Waals surface area (Å²) in [4.78, 5) is 0. The Labute approximate surface area is 94.9 Å². The molecule has 0 saturated carbocycles. The molecule has 92 valence electrons. The van der Waals surface area contributed by atoms with E-state index in [4.69, 9.17) is 23.7 Å². The molecule has 0 aromatic heterocycles. The average molecular weight is 230 g/mol. The van der Waals surface area contributed by atoms with Gasteiger partial charge in [0, 0.05) is 0 Å². The summed E-state index contributed by atoms with van der Waals surface area (Å²) in [6.07, 6.45) is -0.666. The first-order chi connectivity index (χ1) is 7.36. The molecule has 0 amide bonds. The normalized spacial score (nSPS) is 48.8. The van der Waals surface area contributed by atoms with Crippen LogP contribution in [0.1, 0.15) is 27.7 Å². The molecule has 3 rings (SSSR count). The fraction of sp³-hybridized carbons (Fsp3) is 1.00. The summed E-state index contributed by atoms with van der Waals surface area (Å²) in [5.41, 5.74) is 0. The number of hydrogen-bond donors (Lipinski definition) is 0. The van der Waals surface area contributed by atoms with Crippen LogP contribution in [0.2, 0.25) is 0 Å². The quantitative estimate of drug-likeness (QED) is 0.621. The van der Waals surface area contributed by atoms with Crippen LogP contribution < -0.4 is 0 Å². The Morgan fingerprint density at radius 3 is 2.31 bits per heavy atom. The number of rotatable bonds is 0. The summed E-state index contributed by atoms with van der Waals surface area (Å²) in [5, 5.41) is 0. The van der Waals surface area contributed by atoms with Crippen LogP contribution in [0, 0.1) is 0 Å². The van der Waals surface area contributed by atoms with Crippen molar-refractivity contribution in [3.63, 3.8) is 0 Å². The molecule has 0 aromatic carbocycles. The number of hydrogen-bond acceptors (Lipinski definition) is 5. The lowest BCUT2D eigenvalue weighted by Gasteiger charge is -2.38. The van der Waals surface area contributed by atoms with E-state index in [1.807, 2.05) is 27.7 Å². The van der Waals surface area contributed by atoms with E-state index in [0.717, 1.165) is 0 Å². The Hall–Kier alpha value is -0.200. The first-order valence-electron chi connectivity index (χ1n) is 5.69. The van der Waals surface area contributed by atoms with Crippen molar-refractivity contribution in [1.29, 1.82) is 0 Å². The molecule has 0 radical (unpaired) electrons. The van der Waals surface area contributed by atoms with Crippen molar-refractivity contribution in [1.82, 2.24) is 0 Å². The molecule has 0 aliphatic carbocycles. The molecule has 0 spiro atoms. The second kappa shape index (κ2) is 3.17. The van der Waals surface area contributed by atoms with Crippen molar-refractivity contribution < 1.29 is 23.7 Å². The summed E-state index contributed by atoms with van der Waals surface area (Å²) in [6.45, 7) is 8.09. The summed E-state index contributed by atoms with van der Waals surface area (Å²) >= 11 is 0. The molecule has 5 heteroatoms. The molecule has 3 fully saturated rings. The van der Waals surface area contributed by atoms with Gasteiger partial charge in [0.1, 0.15) is 18.3 Å². The lowest BCUT2D eigenvalue weighted by molar-refractivity contribution is -0.319. The highest BCUT2D eigenvalue weighted by atomic mass is 16.9. The second-order valence-electron chi connectivity index (χ2n) is 5.44. The molecule has 3 aliphatic rings. The number of fused-ring (bicyclic) bond motifs is 3. The predicted molar refractivity (Wildman–Crippen MR) is 53.6 cm³/mol. The van der Waals surface area contributed by atoms with Gasteiger partial charge in [-0.15, -0.1) is 0 Å². The summed E-state index contributed by atoms with van der Waals surface area (Å²) < 4.78 is 28.6. The molecule has 3 aliphatic heterocycles. The van der Waals surface area contributed by atoms with E-state index in [9.17, 15) is 0 Å². The average Bonchev–Trinajstić information content (AvgIpc) is 2.57. The van der Waals surface area contributed by atoms with Gasteiger partial charge < -0.3 is 23.7 Å². The first-order valence-corrected chi connectivity index (χ1v) is 5.69. The van der Waals surface area contributed by atoms with Gasteiger partial charge in [-0.1, -0.05) is 0 Å². The van der Waals surface area contributed by atoms with E-state index in [1.165, 1.54) is 0 Å². The van der Waals surface area contributed by atoms with E-state index in [0.29, 0.717) is 6.61 Å². The van der Waals surface area contributed by atoms with Gasteiger partial charge >= 0.3 is 0 Å². The van der Waals surface area contributed by atoms with Crippen molar-refractivity contribution in [3.05, 3.63) is 0 Å². The maximum absolute atomic E-state index is 5.85. The van der Waals surface area contributed by atoms with Gasteiger partial charge in [-0.05, 0) is 27.7 Å². The third-order valence-electron chi connectivity index (χ3n) is 3.10. The number of ether oxygens (including phenoxy) is 5. The van der Waals surface area contributed by atoms with E-state index >= 15 is 0 Å². The van der Waals surface area contributed by atoms with Crippen LogP contribution in [0.15, 0.2) is 0 Å². The van der Waals surface area contributed by atoms with Crippen LogP contribution in [0.25, 0.3) is 0 Å². The SMILES string of the molecule is CC1(C)O[C@H]2O[C@@H]3COC(C)(C)O[C@@H]3[C@@H]2O1. The molecule has 0 unspecified atom stereocenters. The minimum Gasteiger partial charge on any atom is -0.348 e. The molecular formula is C11H18O5. The summed E-state index contributed by atoms with van der Waals surface area (Å²) in [5.74, 6) is -1.17. The largest absolute Gasteiger partial charge is 0.348 e. The monoisotopic (exact) mass is 230 g/mol. The van der Waals surface area contributed by atoms with E-state index in [-0.39, 0.29) is 24.6 Å². The molecule has 0 bridgehead atoms. The van der Waals surface area contributed by atoms with Gasteiger partial charge in [0.25, 0.3) is 0 Å². The molecular weight excluding hydrogens is 212 g/mol. The second-order valence-corrected chi connectivity index (χ2v) is 5.44.